The number of sulfonamides is 1. The third-order valence-electron chi connectivity index (χ3n) is 2.10. The molecule has 1 unspecified atom stereocenters. The first-order chi connectivity index (χ1) is 7.99. The van der Waals surface area contributed by atoms with Crippen LogP contribution in [-0.2, 0) is 10.0 Å². The van der Waals surface area contributed by atoms with E-state index in [1.54, 1.807) is 0 Å². The largest absolute Gasteiger partial charge is 0.386 e. The molecule has 0 aliphatic rings. The lowest BCUT2D eigenvalue weighted by Gasteiger charge is -2.10. The van der Waals surface area contributed by atoms with E-state index in [-0.39, 0.29) is 0 Å². The maximum absolute atomic E-state index is 10.8. The summed E-state index contributed by atoms with van der Waals surface area (Å²) >= 11 is 1.52. The second-order valence-corrected chi connectivity index (χ2v) is 6.57. The van der Waals surface area contributed by atoms with Crippen LogP contribution in [0, 0.1) is 0 Å². The third-order valence-corrected chi connectivity index (χ3v) is 3.81. The van der Waals surface area contributed by atoms with E-state index in [0.29, 0.717) is 26.1 Å². The molecule has 17 heavy (non-hydrogen) atoms. The van der Waals surface area contributed by atoms with Crippen LogP contribution in [0.1, 0.15) is 17.4 Å². The zero-order chi connectivity index (χ0) is 12.7. The summed E-state index contributed by atoms with van der Waals surface area (Å²) in [4.78, 5) is 0.937. The second-order valence-electron chi connectivity index (χ2n) is 3.76. The predicted molar refractivity (Wildman–Crippen MR) is 69.6 cm³/mol. The van der Waals surface area contributed by atoms with Crippen molar-refractivity contribution < 1.29 is 13.5 Å². The van der Waals surface area contributed by atoms with Gasteiger partial charge in [-0.3, -0.25) is 0 Å². The fourth-order valence-electron chi connectivity index (χ4n) is 1.29. The van der Waals surface area contributed by atoms with Crippen LogP contribution in [0.5, 0.6) is 0 Å². The van der Waals surface area contributed by atoms with Gasteiger partial charge in [0.25, 0.3) is 0 Å². The molecule has 5 nitrogen and oxygen atoms in total. The molecule has 0 fully saturated rings. The average Bonchev–Trinajstić information content (AvgIpc) is 2.74. The molecule has 0 saturated heterocycles. The number of hydrogen-bond donors (Lipinski definition) is 3. The summed E-state index contributed by atoms with van der Waals surface area (Å²) in [6, 6.07) is 3.79. The molecule has 1 aromatic rings. The van der Waals surface area contributed by atoms with Crippen molar-refractivity contribution in [1.82, 2.24) is 10.0 Å². The Morgan fingerprint density at radius 3 is 2.82 bits per heavy atom. The van der Waals surface area contributed by atoms with Crippen molar-refractivity contribution in [3.8, 4) is 0 Å². The van der Waals surface area contributed by atoms with E-state index in [0.717, 1.165) is 11.1 Å². The molecule has 0 bridgehead atoms. The van der Waals surface area contributed by atoms with Crippen molar-refractivity contribution in [3.63, 3.8) is 0 Å². The first-order valence-electron chi connectivity index (χ1n) is 5.36. The van der Waals surface area contributed by atoms with Gasteiger partial charge in [0.1, 0.15) is 6.10 Å². The molecular weight excluding hydrogens is 260 g/mol. The van der Waals surface area contributed by atoms with E-state index in [1.807, 2.05) is 17.5 Å². The summed E-state index contributed by atoms with van der Waals surface area (Å²) in [5.74, 6) is 0. The first kappa shape index (κ1) is 14.6. The summed E-state index contributed by atoms with van der Waals surface area (Å²) in [6.45, 7) is 1.57. The Bertz CT molecular complexity index is 403. The first-order valence-corrected chi connectivity index (χ1v) is 8.13. The maximum atomic E-state index is 10.8. The van der Waals surface area contributed by atoms with Crippen LogP contribution in [0.3, 0.4) is 0 Å². The van der Waals surface area contributed by atoms with Crippen molar-refractivity contribution >= 4 is 21.4 Å². The minimum atomic E-state index is -3.09. The summed E-state index contributed by atoms with van der Waals surface area (Å²) < 4.78 is 23.9. The highest BCUT2D eigenvalue weighted by Crippen LogP contribution is 2.17. The quantitative estimate of drug-likeness (QED) is 0.598. The van der Waals surface area contributed by atoms with Crippen molar-refractivity contribution in [2.45, 2.75) is 12.5 Å². The Labute approximate surface area is 106 Å². The molecule has 0 aliphatic carbocycles. The molecule has 0 amide bonds. The standard InChI is InChI=1S/C10H18N2O3S2/c1-17(14,15)12-6-3-5-11-8-9(13)10-4-2-7-16-10/h2,4,7,9,11-13H,3,5-6,8H2,1H3. The van der Waals surface area contributed by atoms with Gasteiger partial charge in [0.15, 0.2) is 0 Å². The molecule has 1 atom stereocenters. The Hall–Kier alpha value is -0.470. The molecule has 98 valence electrons. The fraction of sp³-hybridized carbons (Fsp3) is 0.600. The number of hydrogen-bond acceptors (Lipinski definition) is 5. The highest BCUT2D eigenvalue weighted by molar-refractivity contribution is 7.88. The number of aliphatic hydroxyl groups is 1. The topological polar surface area (TPSA) is 78.4 Å². The molecule has 1 aromatic heterocycles. The number of aliphatic hydroxyl groups excluding tert-OH is 1. The lowest BCUT2D eigenvalue weighted by Crippen LogP contribution is -2.28. The molecule has 1 rings (SSSR count). The Balaban J connectivity index is 2.05. The van der Waals surface area contributed by atoms with E-state index < -0.39 is 16.1 Å². The van der Waals surface area contributed by atoms with Gasteiger partial charge >= 0.3 is 0 Å². The minimum Gasteiger partial charge on any atom is -0.386 e. The molecule has 3 N–H and O–H groups in total. The van der Waals surface area contributed by atoms with Gasteiger partial charge in [-0.25, -0.2) is 13.1 Å². The number of rotatable bonds is 8. The lowest BCUT2D eigenvalue weighted by molar-refractivity contribution is 0.178. The van der Waals surface area contributed by atoms with Crippen LogP contribution in [-0.4, -0.2) is 39.4 Å². The number of nitrogens with one attached hydrogen (secondary N) is 2. The van der Waals surface area contributed by atoms with Gasteiger partial charge in [-0.1, -0.05) is 6.07 Å². The molecule has 0 aromatic carbocycles. The fourth-order valence-corrected chi connectivity index (χ4v) is 2.52. The van der Waals surface area contributed by atoms with Crippen molar-refractivity contribution in [2.24, 2.45) is 0 Å². The molecule has 0 saturated carbocycles. The maximum Gasteiger partial charge on any atom is 0.208 e. The van der Waals surface area contributed by atoms with Crippen LogP contribution in [0.15, 0.2) is 17.5 Å². The van der Waals surface area contributed by atoms with E-state index >= 15 is 0 Å². The van der Waals surface area contributed by atoms with Crippen LogP contribution in [0.2, 0.25) is 0 Å². The Kier molecular flexibility index (Phi) is 6.07. The van der Waals surface area contributed by atoms with E-state index in [4.69, 9.17) is 0 Å². The average molecular weight is 278 g/mol. The van der Waals surface area contributed by atoms with Gasteiger partial charge in [-0.15, -0.1) is 11.3 Å². The summed E-state index contributed by atoms with van der Waals surface area (Å²) in [5.41, 5.74) is 0. The monoisotopic (exact) mass is 278 g/mol. The van der Waals surface area contributed by atoms with Crippen molar-refractivity contribution in [3.05, 3.63) is 22.4 Å². The normalized spacial score (nSPS) is 13.8. The highest BCUT2D eigenvalue weighted by atomic mass is 32.2. The van der Waals surface area contributed by atoms with E-state index in [9.17, 15) is 13.5 Å². The van der Waals surface area contributed by atoms with Crippen LogP contribution in [0.4, 0.5) is 0 Å². The van der Waals surface area contributed by atoms with Crippen molar-refractivity contribution in [2.75, 3.05) is 25.9 Å². The number of thiophene rings is 1. The predicted octanol–water partition coefficient (Wildman–Crippen LogP) is 0.310. The molecule has 1 heterocycles. The molecule has 0 spiro atoms. The van der Waals surface area contributed by atoms with Gasteiger partial charge in [-0.2, -0.15) is 0 Å². The SMILES string of the molecule is CS(=O)(=O)NCCCNCC(O)c1cccs1. The van der Waals surface area contributed by atoms with E-state index in [1.165, 1.54) is 11.3 Å². The smallest absolute Gasteiger partial charge is 0.208 e. The van der Waals surface area contributed by atoms with Gasteiger partial charge in [0.05, 0.1) is 6.26 Å². The molecular formula is C10H18N2O3S2. The molecule has 0 aliphatic heterocycles. The van der Waals surface area contributed by atoms with Crippen LogP contribution >= 0.6 is 11.3 Å². The Morgan fingerprint density at radius 2 is 2.24 bits per heavy atom. The lowest BCUT2D eigenvalue weighted by atomic mass is 10.3. The molecule has 0 radical (unpaired) electrons. The zero-order valence-corrected chi connectivity index (χ0v) is 11.4. The van der Waals surface area contributed by atoms with E-state index in [2.05, 4.69) is 10.0 Å². The van der Waals surface area contributed by atoms with Crippen LogP contribution in [0.25, 0.3) is 0 Å². The van der Waals surface area contributed by atoms with Crippen molar-refractivity contribution in [1.29, 1.82) is 0 Å². The minimum absolute atomic E-state index is 0.418. The summed E-state index contributed by atoms with van der Waals surface area (Å²) in [7, 11) is -3.09. The van der Waals surface area contributed by atoms with Gasteiger partial charge in [0, 0.05) is 18.0 Å². The second kappa shape index (κ2) is 7.07. The van der Waals surface area contributed by atoms with Gasteiger partial charge < -0.3 is 10.4 Å². The zero-order valence-electron chi connectivity index (χ0n) is 9.72. The van der Waals surface area contributed by atoms with Gasteiger partial charge in [0.2, 0.25) is 10.0 Å². The summed E-state index contributed by atoms with van der Waals surface area (Å²) in [6.07, 6.45) is 1.35. The Morgan fingerprint density at radius 1 is 1.47 bits per heavy atom. The third kappa shape index (κ3) is 6.75. The summed E-state index contributed by atoms with van der Waals surface area (Å²) in [5, 5.41) is 14.7. The highest BCUT2D eigenvalue weighted by Gasteiger charge is 2.07. The van der Waals surface area contributed by atoms with Gasteiger partial charge in [-0.05, 0) is 24.4 Å². The molecule has 7 heteroatoms. The van der Waals surface area contributed by atoms with Crippen LogP contribution < -0.4 is 10.0 Å².